The van der Waals surface area contributed by atoms with Crippen molar-refractivity contribution in [1.82, 2.24) is 4.98 Å². The molecule has 4 rings (SSSR count). The van der Waals surface area contributed by atoms with Gasteiger partial charge >= 0.3 is 0 Å². The number of hydrogen-bond donors (Lipinski definition) is 2. The summed E-state index contributed by atoms with van der Waals surface area (Å²) in [6, 6.07) is 16.3. The topological polar surface area (TPSA) is 48.1 Å². The average molecular weight is 347 g/mol. The summed E-state index contributed by atoms with van der Waals surface area (Å²) in [6.45, 7) is 6.26. The first-order chi connectivity index (χ1) is 12.7. The molecular weight excluding hydrogens is 322 g/mol. The molecule has 1 aliphatic rings. The van der Waals surface area contributed by atoms with Crippen LogP contribution >= 0.6 is 0 Å². The van der Waals surface area contributed by atoms with Gasteiger partial charge in [-0.3, -0.25) is 4.79 Å². The van der Waals surface area contributed by atoms with Crippen molar-refractivity contribution in [3.05, 3.63) is 60.3 Å². The Morgan fingerprint density at radius 2 is 1.77 bits per heavy atom. The number of fused-ring (bicyclic) bond motifs is 1. The summed E-state index contributed by atoms with van der Waals surface area (Å²) in [6.07, 6.45) is 3.80. The van der Waals surface area contributed by atoms with Crippen molar-refractivity contribution >= 4 is 28.2 Å². The number of rotatable bonds is 6. The Labute approximate surface area is 154 Å². The minimum Gasteiger partial charge on any atom is -0.372 e. The first-order valence-electron chi connectivity index (χ1n) is 9.41. The van der Waals surface area contributed by atoms with E-state index in [0.717, 1.165) is 48.1 Å². The Morgan fingerprint density at radius 1 is 1.08 bits per heavy atom. The molecule has 0 aliphatic heterocycles. The van der Waals surface area contributed by atoms with Crippen molar-refractivity contribution in [3.63, 3.8) is 0 Å². The molecule has 1 aromatic heterocycles. The molecule has 26 heavy (non-hydrogen) atoms. The van der Waals surface area contributed by atoms with Gasteiger partial charge in [0.1, 0.15) is 0 Å². The van der Waals surface area contributed by atoms with Crippen LogP contribution in [0, 0.1) is 0 Å². The lowest BCUT2D eigenvalue weighted by Gasteiger charge is -2.21. The third kappa shape index (κ3) is 2.75. The zero-order valence-electron chi connectivity index (χ0n) is 15.4. The molecule has 1 heterocycles. The van der Waals surface area contributed by atoms with Crippen LogP contribution in [0.1, 0.15) is 32.3 Å². The van der Waals surface area contributed by atoms with Crippen molar-refractivity contribution in [2.75, 3.05) is 23.3 Å². The molecule has 1 saturated carbocycles. The maximum Gasteiger partial charge on any atom is 0.235 e. The van der Waals surface area contributed by atoms with Crippen molar-refractivity contribution in [2.45, 2.75) is 32.1 Å². The van der Waals surface area contributed by atoms with Crippen LogP contribution in [-0.2, 0) is 10.2 Å². The highest BCUT2D eigenvalue weighted by atomic mass is 16.2. The summed E-state index contributed by atoms with van der Waals surface area (Å²) < 4.78 is 0. The largest absolute Gasteiger partial charge is 0.372 e. The number of nitrogens with one attached hydrogen (secondary N) is 2. The van der Waals surface area contributed by atoms with Crippen LogP contribution in [-0.4, -0.2) is 24.0 Å². The second-order valence-corrected chi connectivity index (χ2v) is 7.00. The van der Waals surface area contributed by atoms with Gasteiger partial charge in [-0.2, -0.15) is 0 Å². The van der Waals surface area contributed by atoms with Gasteiger partial charge in [0, 0.05) is 41.6 Å². The lowest BCUT2D eigenvalue weighted by atomic mass is 9.94. The number of carbonyl (C=O) groups is 1. The van der Waals surface area contributed by atoms with Crippen molar-refractivity contribution < 1.29 is 4.79 Å². The number of para-hydroxylation sites is 1. The third-order valence-corrected chi connectivity index (χ3v) is 5.54. The summed E-state index contributed by atoms with van der Waals surface area (Å²) in [4.78, 5) is 18.6. The fraction of sp³-hybridized carbons (Fsp3) is 0.318. The Kier molecular flexibility index (Phi) is 4.19. The summed E-state index contributed by atoms with van der Waals surface area (Å²) in [5.74, 6) is 0.0952. The maximum absolute atomic E-state index is 13.0. The Balaban J connectivity index is 1.55. The van der Waals surface area contributed by atoms with E-state index in [-0.39, 0.29) is 5.91 Å². The number of aromatic nitrogens is 1. The summed E-state index contributed by atoms with van der Waals surface area (Å²) >= 11 is 0. The van der Waals surface area contributed by atoms with Gasteiger partial charge in [0.15, 0.2) is 0 Å². The molecule has 2 N–H and O–H groups in total. The van der Waals surface area contributed by atoms with E-state index in [0.29, 0.717) is 0 Å². The van der Waals surface area contributed by atoms with E-state index in [1.165, 1.54) is 5.69 Å². The highest BCUT2D eigenvalue weighted by molar-refractivity contribution is 6.04. The van der Waals surface area contributed by atoms with Crippen molar-refractivity contribution in [1.29, 1.82) is 0 Å². The number of H-pyrrole nitrogens is 1. The van der Waals surface area contributed by atoms with Crippen LogP contribution < -0.4 is 10.2 Å². The van der Waals surface area contributed by atoms with E-state index >= 15 is 0 Å². The second-order valence-electron chi connectivity index (χ2n) is 7.00. The molecule has 134 valence electrons. The van der Waals surface area contributed by atoms with Crippen LogP contribution in [0.25, 0.3) is 10.9 Å². The Bertz CT molecular complexity index is 918. The average Bonchev–Trinajstić information content (AvgIpc) is 3.37. The molecule has 1 fully saturated rings. The lowest BCUT2D eigenvalue weighted by molar-refractivity contribution is -0.118. The number of carbonyl (C=O) groups excluding carboxylic acids is 1. The summed E-state index contributed by atoms with van der Waals surface area (Å²) in [7, 11) is 0. The zero-order chi connectivity index (χ0) is 18.1. The van der Waals surface area contributed by atoms with Crippen LogP contribution in [0.5, 0.6) is 0 Å². The van der Waals surface area contributed by atoms with Crippen LogP contribution in [0.3, 0.4) is 0 Å². The smallest absolute Gasteiger partial charge is 0.235 e. The van der Waals surface area contributed by atoms with Gasteiger partial charge < -0.3 is 15.2 Å². The number of nitrogens with zero attached hydrogens (tertiary/aromatic N) is 1. The van der Waals surface area contributed by atoms with E-state index < -0.39 is 5.41 Å². The number of aromatic amines is 1. The normalized spacial score (nSPS) is 15.0. The molecule has 0 spiro atoms. The molecule has 3 aromatic rings. The maximum atomic E-state index is 13.0. The molecule has 4 heteroatoms. The van der Waals surface area contributed by atoms with Crippen molar-refractivity contribution in [3.8, 4) is 0 Å². The quantitative estimate of drug-likeness (QED) is 0.680. The summed E-state index contributed by atoms with van der Waals surface area (Å²) in [5.41, 5.74) is 3.86. The SMILES string of the molecule is CCN(CC)c1ccc(NC(=O)C2(c3c[nH]c4ccccc34)CC2)cc1. The van der Waals surface area contributed by atoms with E-state index in [9.17, 15) is 4.79 Å². The summed E-state index contributed by atoms with van der Waals surface area (Å²) in [5, 5.41) is 4.28. The van der Waals surface area contributed by atoms with Crippen LogP contribution in [0.4, 0.5) is 11.4 Å². The molecule has 0 saturated heterocycles. The fourth-order valence-corrected chi connectivity index (χ4v) is 3.81. The number of hydrogen-bond acceptors (Lipinski definition) is 2. The Hall–Kier alpha value is -2.75. The second kappa shape index (κ2) is 6.52. The van der Waals surface area contributed by atoms with Crippen LogP contribution in [0.15, 0.2) is 54.7 Å². The first-order valence-corrected chi connectivity index (χ1v) is 9.41. The molecule has 4 nitrogen and oxygen atoms in total. The van der Waals surface area contributed by atoms with Gasteiger partial charge in [0.2, 0.25) is 5.91 Å². The molecule has 0 radical (unpaired) electrons. The van der Waals surface area contributed by atoms with Gasteiger partial charge in [-0.1, -0.05) is 18.2 Å². The standard InChI is InChI=1S/C22H25N3O/c1-3-25(4-2)17-11-9-16(10-12-17)24-21(26)22(13-14-22)19-15-23-20-8-6-5-7-18(19)20/h5-12,15,23H,3-4,13-14H2,1-2H3,(H,24,26). The van der Waals surface area contributed by atoms with E-state index in [4.69, 9.17) is 0 Å². The van der Waals surface area contributed by atoms with Gasteiger partial charge in [-0.05, 0) is 62.6 Å². The molecule has 1 aliphatic carbocycles. The fourth-order valence-electron chi connectivity index (χ4n) is 3.81. The highest BCUT2D eigenvalue weighted by Crippen LogP contribution is 2.51. The first kappa shape index (κ1) is 16.7. The van der Waals surface area contributed by atoms with Gasteiger partial charge in [-0.25, -0.2) is 0 Å². The third-order valence-electron chi connectivity index (χ3n) is 5.54. The van der Waals surface area contributed by atoms with E-state index in [1.54, 1.807) is 0 Å². The van der Waals surface area contributed by atoms with Gasteiger partial charge in [0.05, 0.1) is 5.41 Å². The van der Waals surface area contributed by atoms with Crippen LogP contribution in [0.2, 0.25) is 0 Å². The molecule has 0 bridgehead atoms. The minimum absolute atomic E-state index is 0.0952. The monoisotopic (exact) mass is 347 g/mol. The molecular formula is C22H25N3O. The minimum atomic E-state index is -0.392. The van der Waals surface area contributed by atoms with Gasteiger partial charge in [0.25, 0.3) is 0 Å². The molecule has 1 amide bonds. The highest BCUT2D eigenvalue weighted by Gasteiger charge is 2.52. The molecule has 0 atom stereocenters. The van der Waals surface area contributed by atoms with E-state index in [1.807, 2.05) is 30.5 Å². The predicted molar refractivity (Wildman–Crippen MR) is 108 cm³/mol. The Morgan fingerprint density at radius 3 is 2.42 bits per heavy atom. The zero-order valence-corrected chi connectivity index (χ0v) is 15.4. The van der Waals surface area contributed by atoms with Crippen molar-refractivity contribution in [2.24, 2.45) is 0 Å². The van der Waals surface area contributed by atoms with Gasteiger partial charge in [-0.15, -0.1) is 0 Å². The van der Waals surface area contributed by atoms with E-state index in [2.05, 4.69) is 53.3 Å². The molecule has 2 aromatic carbocycles. The molecule has 0 unspecified atom stereocenters. The predicted octanol–water partition coefficient (Wildman–Crippen LogP) is 4.68. The number of anilines is 2. The number of benzene rings is 2. The number of amides is 1. The lowest BCUT2D eigenvalue weighted by Crippen LogP contribution is -2.27.